The molecule has 2 aromatic heterocycles. The van der Waals surface area contributed by atoms with Crippen LogP contribution >= 0.6 is 0 Å². The molecule has 0 amide bonds. The normalized spacial score (nSPS) is 14.8. The van der Waals surface area contributed by atoms with Crippen LogP contribution in [0.3, 0.4) is 0 Å². The first kappa shape index (κ1) is 24.8. The van der Waals surface area contributed by atoms with Crippen molar-refractivity contribution in [3.63, 3.8) is 0 Å². The van der Waals surface area contributed by atoms with Crippen molar-refractivity contribution in [3.8, 4) is 11.1 Å². The maximum atomic E-state index is 14.9. The van der Waals surface area contributed by atoms with Crippen LogP contribution in [0.1, 0.15) is 36.3 Å². The molecule has 1 aliphatic heterocycles. The zero-order valence-corrected chi connectivity index (χ0v) is 20.4. The van der Waals surface area contributed by atoms with E-state index in [2.05, 4.69) is 15.3 Å². The van der Waals surface area contributed by atoms with E-state index in [1.807, 2.05) is 35.3 Å². The molecular formula is C27H26F3N5O2. The van der Waals surface area contributed by atoms with Gasteiger partial charge < -0.3 is 15.1 Å². The lowest BCUT2D eigenvalue weighted by Gasteiger charge is -2.31. The Balaban J connectivity index is 1.69. The lowest BCUT2D eigenvalue weighted by molar-refractivity contribution is 0.111. The minimum absolute atomic E-state index is 0.0898. The summed E-state index contributed by atoms with van der Waals surface area (Å²) < 4.78 is 48.5. The van der Waals surface area contributed by atoms with Gasteiger partial charge in [0.15, 0.2) is 0 Å². The number of aryl methyl sites for hydroxylation is 1. The third kappa shape index (κ3) is 4.76. The van der Waals surface area contributed by atoms with Crippen LogP contribution in [0.2, 0.25) is 0 Å². The van der Waals surface area contributed by atoms with Crippen molar-refractivity contribution >= 4 is 16.7 Å². The topological polar surface area (TPSA) is 72.3 Å². The van der Waals surface area contributed by atoms with E-state index in [1.54, 1.807) is 24.7 Å². The number of aromatic nitrogens is 3. The predicted molar refractivity (Wildman–Crippen MR) is 136 cm³/mol. The Morgan fingerprint density at radius 2 is 1.70 bits per heavy atom. The summed E-state index contributed by atoms with van der Waals surface area (Å²) in [5.41, 5.74) is 0.775. The van der Waals surface area contributed by atoms with Crippen molar-refractivity contribution in [2.24, 2.45) is 0 Å². The molecule has 192 valence electrons. The molecule has 0 radical (unpaired) electrons. The zero-order chi connectivity index (χ0) is 26.1. The van der Waals surface area contributed by atoms with E-state index < -0.39 is 23.8 Å². The van der Waals surface area contributed by atoms with Crippen LogP contribution in [-0.2, 0) is 4.74 Å². The molecule has 10 heteroatoms. The molecular weight excluding hydrogens is 483 g/mol. The van der Waals surface area contributed by atoms with Crippen LogP contribution in [0, 0.1) is 12.7 Å². The fourth-order valence-electron chi connectivity index (χ4n) is 4.60. The minimum Gasteiger partial charge on any atom is -0.378 e. The van der Waals surface area contributed by atoms with E-state index in [0.717, 1.165) is 6.07 Å². The summed E-state index contributed by atoms with van der Waals surface area (Å²) in [7, 11) is 0. The molecule has 0 saturated carbocycles. The third-order valence-corrected chi connectivity index (χ3v) is 6.44. The molecule has 3 heterocycles. The van der Waals surface area contributed by atoms with Crippen LogP contribution in [0.15, 0.2) is 59.5 Å². The highest BCUT2D eigenvalue weighted by Crippen LogP contribution is 2.32. The number of fused-ring (bicyclic) bond motifs is 1. The van der Waals surface area contributed by atoms with Crippen molar-refractivity contribution in [3.05, 3.63) is 87.9 Å². The van der Waals surface area contributed by atoms with Gasteiger partial charge in [0.25, 0.3) is 12.0 Å². The van der Waals surface area contributed by atoms with Crippen LogP contribution in [0.4, 0.5) is 19.0 Å². The molecule has 0 aliphatic carbocycles. The highest BCUT2D eigenvalue weighted by molar-refractivity contribution is 5.98. The summed E-state index contributed by atoms with van der Waals surface area (Å²) in [6, 6.07) is 12.5. The molecule has 37 heavy (non-hydrogen) atoms. The van der Waals surface area contributed by atoms with Crippen LogP contribution < -0.4 is 15.9 Å². The SMILES string of the molecule is Cc1nc(N[C@H](C)c2cccc(C(F)F)c2F)c2cn(N3CCOCC3)c(=O)c(-c3ccccc3)c2n1. The number of alkyl halides is 2. The number of halogens is 3. The highest BCUT2D eigenvalue weighted by Gasteiger charge is 2.23. The number of benzene rings is 2. The number of hydrogen-bond acceptors (Lipinski definition) is 6. The Kier molecular flexibility index (Phi) is 6.84. The van der Waals surface area contributed by atoms with E-state index in [4.69, 9.17) is 4.74 Å². The zero-order valence-electron chi connectivity index (χ0n) is 20.4. The lowest BCUT2D eigenvalue weighted by atomic mass is 10.0. The highest BCUT2D eigenvalue weighted by atomic mass is 19.3. The molecule has 1 aliphatic rings. The van der Waals surface area contributed by atoms with Gasteiger partial charge in [-0.2, -0.15) is 0 Å². The molecule has 5 rings (SSSR count). The van der Waals surface area contributed by atoms with Crippen LogP contribution in [0.25, 0.3) is 22.0 Å². The second kappa shape index (κ2) is 10.2. The summed E-state index contributed by atoms with van der Waals surface area (Å²) >= 11 is 0. The largest absolute Gasteiger partial charge is 0.378 e. The van der Waals surface area contributed by atoms with Gasteiger partial charge in [-0.1, -0.05) is 48.5 Å². The van der Waals surface area contributed by atoms with E-state index in [0.29, 0.717) is 60.0 Å². The molecule has 0 bridgehead atoms. The van der Waals surface area contributed by atoms with Gasteiger partial charge in [0.1, 0.15) is 17.5 Å². The second-order valence-electron chi connectivity index (χ2n) is 8.88. The molecule has 7 nitrogen and oxygen atoms in total. The third-order valence-electron chi connectivity index (χ3n) is 6.44. The average Bonchev–Trinajstić information content (AvgIpc) is 2.89. The van der Waals surface area contributed by atoms with Gasteiger partial charge in [0.2, 0.25) is 0 Å². The second-order valence-corrected chi connectivity index (χ2v) is 8.88. The molecule has 1 saturated heterocycles. The number of nitrogens with one attached hydrogen (secondary N) is 1. The van der Waals surface area contributed by atoms with Gasteiger partial charge in [-0.3, -0.25) is 4.79 Å². The summed E-state index contributed by atoms with van der Waals surface area (Å²) in [5.74, 6) is -0.177. The van der Waals surface area contributed by atoms with Crippen molar-refractivity contribution < 1.29 is 17.9 Å². The van der Waals surface area contributed by atoms with Crippen molar-refractivity contribution in [1.82, 2.24) is 14.6 Å². The monoisotopic (exact) mass is 509 g/mol. The fraction of sp³-hybridized carbons (Fsp3) is 0.296. The number of morpholine rings is 1. The summed E-state index contributed by atoms with van der Waals surface area (Å²) in [6.07, 6.45) is -1.25. The Hall–Kier alpha value is -3.92. The van der Waals surface area contributed by atoms with Crippen LogP contribution in [-0.4, -0.2) is 40.9 Å². The number of rotatable bonds is 6. The Bertz CT molecular complexity index is 1490. The predicted octanol–water partition coefficient (Wildman–Crippen LogP) is 4.98. The number of anilines is 1. The molecule has 0 unspecified atom stereocenters. The van der Waals surface area contributed by atoms with Crippen LogP contribution in [0.5, 0.6) is 0 Å². The molecule has 2 aromatic carbocycles. The van der Waals surface area contributed by atoms with E-state index >= 15 is 0 Å². The van der Waals surface area contributed by atoms with E-state index in [-0.39, 0.29) is 11.1 Å². The van der Waals surface area contributed by atoms with Gasteiger partial charge in [-0.05, 0) is 19.4 Å². The first-order valence-corrected chi connectivity index (χ1v) is 12.0. The Morgan fingerprint density at radius 3 is 2.41 bits per heavy atom. The molecule has 1 atom stereocenters. The van der Waals surface area contributed by atoms with Gasteiger partial charge >= 0.3 is 0 Å². The summed E-state index contributed by atoms with van der Waals surface area (Å²) in [5, 5.41) is 5.63. The van der Waals surface area contributed by atoms with Gasteiger partial charge in [0, 0.05) is 11.8 Å². The first-order chi connectivity index (χ1) is 17.8. The summed E-state index contributed by atoms with van der Waals surface area (Å²) in [4.78, 5) is 22.9. The van der Waals surface area contributed by atoms with E-state index in [9.17, 15) is 18.0 Å². The van der Waals surface area contributed by atoms with Crippen molar-refractivity contribution in [1.29, 1.82) is 0 Å². The van der Waals surface area contributed by atoms with Gasteiger partial charge in [-0.25, -0.2) is 27.8 Å². The smallest absolute Gasteiger partial charge is 0.279 e. The Morgan fingerprint density at radius 1 is 1.00 bits per heavy atom. The van der Waals surface area contributed by atoms with Crippen molar-refractivity contribution in [2.75, 3.05) is 36.6 Å². The quantitative estimate of drug-likeness (QED) is 0.395. The molecule has 0 spiro atoms. The molecule has 1 N–H and O–H groups in total. The Labute approximate surface area is 211 Å². The maximum absolute atomic E-state index is 14.9. The first-order valence-electron chi connectivity index (χ1n) is 12.0. The summed E-state index contributed by atoms with van der Waals surface area (Å²) in [6.45, 7) is 5.39. The standard InChI is InChI=1S/C27H26F3N5O2/c1-16(19-9-6-10-20(23(19)28)25(29)30)31-26-21-15-35(34-11-13-37-14-12-34)27(36)22(18-7-4-3-5-8-18)24(21)32-17(2)33-26/h3-10,15-16,25H,11-14H2,1-2H3,(H,31,32,33)/t16-/m1/s1. The average molecular weight is 510 g/mol. The molecule has 1 fully saturated rings. The number of pyridine rings is 1. The maximum Gasteiger partial charge on any atom is 0.279 e. The minimum atomic E-state index is -2.93. The fourth-order valence-corrected chi connectivity index (χ4v) is 4.60. The number of ether oxygens (including phenoxy) is 1. The van der Waals surface area contributed by atoms with Crippen molar-refractivity contribution in [2.45, 2.75) is 26.3 Å². The van der Waals surface area contributed by atoms with E-state index in [1.165, 1.54) is 12.1 Å². The number of hydrogen-bond donors (Lipinski definition) is 1. The number of nitrogens with zero attached hydrogens (tertiary/aromatic N) is 4. The van der Waals surface area contributed by atoms with Gasteiger partial charge in [0.05, 0.1) is 54.4 Å². The molecule has 4 aromatic rings. The van der Waals surface area contributed by atoms with Gasteiger partial charge in [-0.15, -0.1) is 0 Å². The lowest BCUT2D eigenvalue weighted by Crippen LogP contribution is -2.49.